The van der Waals surface area contributed by atoms with Crippen LogP contribution in [0.3, 0.4) is 0 Å². The summed E-state index contributed by atoms with van der Waals surface area (Å²) in [6, 6.07) is 16.8. The first-order valence-electron chi connectivity index (χ1n) is 7.07. The van der Waals surface area contributed by atoms with Crippen molar-refractivity contribution in [2.24, 2.45) is 7.05 Å². The van der Waals surface area contributed by atoms with Gasteiger partial charge in [0, 0.05) is 17.8 Å². The van der Waals surface area contributed by atoms with Crippen LogP contribution in [0.4, 0.5) is 0 Å². The molecule has 102 valence electrons. The van der Waals surface area contributed by atoms with Crippen molar-refractivity contribution in [3.05, 3.63) is 66.5 Å². The van der Waals surface area contributed by atoms with E-state index < -0.39 is 0 Å². The Labute approximate surface area is 123 Å². The molecule has 0 radical (unpaired) electrons. The lowest BCUT2D eigenvalue weighted by atomic mass is 10.2. The third-order valence-corrected chi connectivity index (χ3v) is 4.01. The third kappa shape index (κ3) is 1.67. The van der Waals surface area contributed by atoms with Crippen LogP contribution in [0, 0.1) is 6.92 Å². The van der Waals surface area contributed by atoms with E-state index in [1.807, 2.05) is 12.3 Å². The average Bonchev–Trinajstić information content (AvgIpc) is 2.84. The lowest BCUT2D eigenvalue weighted by Gasteiger charge is -2.04. The number of hydrogen-bond acceptors (Lipinski definition) is 1. The van der Waals surface area contributed by atoms with Gasteiger partial charge in [0.25, 0.3) is 5.82 Å². The first-order chi connectivity index (χ1) is 10.3. The molecule has 0 amide bonds. The van der Waals surface area contributed by atoms with E-state index in [2.05, 4.69) is 76.8 Å². The Morgan fingerprint density at radius 2 is 1.81 bits per heavy atom. The van der Waals surface area contributed by atoms with Crippen molar-refractivity contribution in [3.63, 3.8) is 0 Å². The maximum atomic E-state index is 4.62. The van der Waals surface area contributed by atoms with Crippen molar-refractivity contribution in [3.8, 4) is 5.82 Å². The van der Waals surface area contributed by atoms with Crippen molar-refractivity contribution < 1.29 is 4.57 Å². The molecule has 3 heterocycles. The Kier molecular flexibility index (Phi) is 2.54. The van der Waals surface area contributed by atoms with Gasteiger partial charge >= 0.3 is 0 Å². The van der Waals surface area contributed by atoms with Gasteiger partial charge in [0.2, 0.25) is 0 Å². The van der Waals surface area contributed by atoms with Gasteiger partial charge in [-0.1, -0.05) is 18.2 Å². The summed E-state index contributed by atoms with van der Waals surface area (Å²) in [6.07, 6.45) is 3.96. The summed E-state index contributed by atoms with van der Waals surface area (Å²) >= 11 is 0. The third-order valence-electron chi connectivity index (χ3n) is 4.01. The largest absolute Gasteiger partial charge is 0.286 e. The first kappa shape index (κ1) is 12.1. The normalized spacial score (nSPS) is 11.3. The highest BCUT2D eigenvalue weighted by molar-refractivity contribution is 6.07. The molecule has 0 aliphatic rings. The van der Waals surface area contributed by atoms with E-state index in [4.69, 9.17) is 0 Å². The highest BCUT2D eigenvalue weighted by atomic mass is 15.1. The molecule has 0 fully saturated rings. The van der Waals surface area contributed by atoms with Crippen molar-refractivity contribution >= 4 is 21.9 Å². The molecule has 3 heteroatoms. The maximum Gasteiger partial charge on any atom is 0.286 e. The monoisotopic (exact) mass is 274 g/mol. The number of benzene rings is 1. The van der Waals surface area contributed by atoms with E-state index in [1.54, 1.807) is 0 Å². The lowest BCUT2D eigenvalue weighted by molar-refractivity contribution is -0.665. The number of hydrogen-bond donors (Lipinski definition) is 0. The molecule has 3 nitrogen and oxygen atoms in total. The molecule has 4 rings (SSSR count). The van der Waals surface area contributed by atoms with E-state index in [1.165, 1.54) is 22.0 Å². The Hall–Kier alpha value is -2.68. The second-order valence-electron chi connectivity index (χ2n) is 5.35. The molecular weight excluding hydrogens is 258 g/mol. The summed E-state index contributed by atoms with van der Waals surface area (Å²) in [7, 11) is 2.07. The fraction of sp³-hybridized carbons (Fsp3) is 0.111. The summed E-state index contributed by atoms with van der Waals surface area (Å²) in [6.45, 7) is 2.14. The molecule has 0 bridgehead atoms. The molecule has 3 aromatic heterocycles. The topological polar surface area (TPSA) is 21.7 Å². The van der Waals surface area contributed by atoms with Gasteiger partial charge < -0.3 is 0 Å². The summed E-state index contributed by atoms with van der Waals surface area (Å²) in [4.78, 5) is 4.62. The summed E-state index contributed by atoms with van der Waals surface area (Å²) in [5.74, 6) is 1.14. The number of aryl methyl sites for hydroxylation is 2. The molecule has 0 aliphatic carbocycles. The molecule has 0 aliphatic heterocycles. The van der Waals surface area contributed by atoms with Gasteiger partial charge in [-0.2, -0.15) is 4.57 Å². The summed E-state index contributed by atoms with van der Waals surface area (Å²) < 4.78 is 4.44. The van der Waals surface area contributed by atoms with Gasteiger partial charge in [-0.15, -0.1) is 0 Å². The van der Waals surface area contributed by atoms with Crippen LogP contribution in [0.2, 0.25) is 0 Å². The fourth-order valence-corrected chi connectivity index (χ4v) is 3.00. The van der Waals surface area contributed by atoms with Crippen LogP contribution in [0.1, 0.15) is 5.56 Å². The lowest BCUT2D eigenvalue weighted by Crippen LogP contribution is -2.33. The van der Waals surface area contributed by atoms with Gasteiger partial charge in [-0.25, -0.2) is 4.57 Å². The molecule has 1 aromatic carbocycles. The number of fused-ring (bicyclic) bond motifs is 3. The zero-order valence-corrected chi connectivity index (χ0v) is 12.1. The second-order valence-corrected chi connectivity index (χ2v) is 5.35. The quantitative estimate of drug-likeness (QED) is 0.488. The van der Waals surface area contributed by atoms with Crippen molar-refractivity contribution in [2.75, 3.05) is 0 Å². The fourth-order valence-electron chi connectivity index (χ4n) is 3.00. The molecule has 0 atom stereocenters. The van der Waals surface area contributed by atoms with Gasteiger partial charge in [-0.05, 0) is 31.2 Å². The van der Waals surface area contributed by atoms with Crippen LogP contribution in [-0.2, 0) is 7.05 Å². The van der Waals surface area contributed by atoms with Gasteiger partial charge in [0.05, 0.1) is 18.6 Å². The SMILES string of the molecule is Cc1ccnc2c3ccccc3n(-c3cccc[n+]3C)c12. The second kappa shape index (κ2) is 4.42. The van der Waals surface area contributed by atoms with E-state index in [9.17, 15) is 0 Å². The minimum absolute atomic E-state index is 1.06. The van der Waals surface area contributed by atoms with E-state index in [-0.39, 0.29) is 0 Å². The Bertz CT molecular complexity index is 967. The molecule has 4 aromatic rings. The maximum absolute atomic E-state index is 4.62. The van der Waals surface area contributed by atoms with Crippen molar-refractivity contribution in [1.29, 1.82) is 0 Å². The van der Waals surface area contributed by atoms with Crippen molar-refractivity contribution in [2.45, 2.75) is 6.92 Å². The number of pyridine rings is 2. The minimum Gasteiger partial charge on any atom is -0.252 e. The van der Waals surface area contributed by atoms with E-state index >= 15 is 0 Å². The van der Waals surface area contributed by atoms with E-state index in [0.29, 0.717) is 0 Å². The van der Waals surface area contributed by atoms with Crippen molar-refractivity contribution in [1.82, 2.24) is 9.55 Å². The van der Waals surface area contributed by atoms with Gasteiger partial charge in [0.1, 0.15) is 11.0 Å². The highest BCUT2D eigenvalue weighted by Gasteiger charge is 2.22. The number of aromatic nitrogens is 3. The highest BCUT2D eigenvalue weighted by Crippen LogP contribution is 2.31. The predicted octanol–water partition coefficient (Wildman–Crippen LogP) is 3.31. The van der Waals surface area contributed by atoms with Gasteiger partial charge in [-0.3, -0.25) is 4.98 Å². The standard InChI is InChI=1S/C18H16N3/c1-13-10-11-19-17-14-7-3-4-8-15(14)21(18(13)17)16-9-5-6-12-20(16)2/h3-12H,1-2H3/q+1. The van der Waals surface area contributed by atoms with Crippen LogP contribution >= 0.6 is 0 Å². The molecule has 0 saturated carbocycles. The molecule has 21 heavy (non-hydrogen) atoms. The summed E-state index contributed by atoms with van der Waals surface area (Å²) in [5.41, 5.74) is 4.67. The van der Waals surface area contributed by atoms with Crippen LogP contribution in [0.15, 0.2) is 60.9 Å². The molecule has 0 N–H and O–H groups in total. The zero-order chi connectivity index (χ0) is 14.4. The molecular formula is C18H16N3+. The Morgan fingerprint density at radius 1 is 1.00 bits per heavy atom. The molecule has 0 unspecified atom stereocenters. The van der Waals surface area contributed by atoms with Crippen LogP contribution in [0.25, 0.3) is 27.8 Å². The van der Waals surface area contributed by atoms with Gasteiger partial charge in [0.15, 0.2) is 5.52 Å². The first-order valence-corrected chi connectivity index (χ1v) is 7.07. The minimum atomic E-state index is 1.06. The number of rotatable bonds is 1. The number of para-hydroxylation sites is 1. The molecule has 0 saturated heterocycles. The Morgan fingerprint density at radius 3 is 2.67 bits per heavy atom. The predicted molar refractivity (Wildman–Crippen MR) is 84.5 cm³/mol. The smallest absolute Gasteiger partial charge is 0.252 e. The van der Waals surface area contributed by atoms with Crippen LogP contribution < -0.4 is 4.57 Å². The van der Waals surface area contributed by atoms with E-state index in [0.717, 1.165) is 11.3 Å². The average molecular weight is 274 g/mol. The van der Waals surface area contributed by atoms with Crippen LogP contribution in [-0.4, -0.2) is 9.55 Å². The summed E-state index contributed by atoms with van der Waals surface area (Å²) in [5, 5.41) is 1.19. The zero-order valence-electron chi connectivity index (χ0n) is 12.1. The van der Waals surface area contributed by atoms with Crippen LogP contribution in [0.5, 0.6) is 0 Å². The Balaban J connectivity index is 2.28. The molecule has 0 spiro atoms. The number of nitrogens with zero attached hydrogens (tertiary/aromatic N) is 3.